The Balaban J connectivity index is 1.91. The van der Waals surface area contributed by atoms with Crippen LogP contribution in [0.15, 0.2) is 53.6 Å². The van der Waals surface area contributed by atoms with E-state index in [0.717, 1.165) is 24.0 Å². The summed E-state index contributed by atoms with van der Waals surface area (Å²) < 4.78 is 5.61. The Hall–Kier alpha value is -3.15. The maximum Gasteiger partial charge on any atom is 0.329 e. The summed E-state index contributed by atoms with van der Waals surface area (Å²) in [6.45, 7) is 4.66. The Bertz CT molecular complexity index is 770. The van der Waals surface area contributed by atoms with E-state index in [0.29, 0.717) is 18.0 Å². The number of carbonyl (C=O) groups is 2. The number of amides is 2. The van der Waals surface area contributed by atoms with Crippen molar-refractivity contribution in [2.45, 2.75) is 26.7 Å². The van der Waals surface area contributed by atoms with Gasteiger partial charge in [0.05, 0.1) is 12.8 Å². The normalized spacial score (nSPS) is 10.5. The van der Waals surface area contributed by atoms with E-state index in [1.165, 1.54) is 6.21 Å². The van der Waals surface area contributed by atoms with Gasteiger partial charge in [0.25, 0.3) is 0 Å². The third kappa shape index (κ3) is 5.73. The van der Waals surface area contributed by atoms with Gasteiger partial charge < -0.3 is 10.1 Å². The number of carbonyl (C=O) groups excluding carboxylic acids is 2. The Morgan fingerprint density at radius 3 is 2.46 bits per heavy atom. The predicted molar refractivity (Wildman–Crippen MR) is 102 cm³/mol. The lowest BCUT2D eigenvalue weighted by Gasteiger charge is -2.07. The summed E-state index contributed by atoms with van der Waals surface area (Å²) in [6.07, 6.45) is 3.25. The highest BCUT2D eigenvalue weighted by Crippen LogP contribution is 2.15. The maximum atomic E-state index is 11.9. The molecule has 136 valence electrons. The minimum Gasteiger partial charge on any atom is -0.493 e. The number of rotatable bonds is 7. The van der Waals surface area contributed by atoms with Crippen molar-refractivity contribution in [2.75, 3.05) is 11.9 Å². The van der Waals surface area contributed by atoms with Crippen LogP contribution in [0.4, 0.5) is 5.69 Å². The van der Waals surface area contributed by atoms with Crippen LogP contribution in [0, 0.1) is 0 Å². The van der Waals surface area contributed by atoms with Crippen LogP contribution in [0.25, 0.3) is 0 Å². The number of hydrogen-bond acceptors (Lipinski definition) is 4. The van der Waals surface area contributed by atoms with Crippen LogP contribution in [0.1, 0.15) is 31.4 Å². The minimum atomic E-state index is -0.840. The summed E-state index contributed by atoms with van der Waals surface area (Å²) >= 11 is 0. The topological polar surface area (TPSA) is 79.8 Å². The molecule has 0 radical (unpaired) electrons. The van der Waals surface area contributed by atoms with Gasteiger partial charge in [-0.05, 0) is 42.7 Å². The molecule has 2 amide bonds. The molecule has 0 aliphatic rings. The molecule has 0 saturated heterocycles. The van der Waals surface area contributed by atoms with Gasteiger partial charge in [0, 0.05) is 11.3 Å². The first-order chi connectivity index (χ1) is 12.6. The summed E-state index contributed by atoms with van der Waals surface area (Å²) in [5.74, 6) is -0.942. The average Bonchev–Trinajstić information content (AvgIpc) is 2.67. The molecule has 2 rings (SSSR count). The van der Waals surface area contributed by atoms with Crippen molar-refractivity contribution in [3.8, 4) is 5.75 Å². The lowest BCUT2D eigenvalue weighted by molar-refractivity contribution is -0.136. The summed E-state index contributed by atoms with van der Waals surface area (Å²) in [5, 5.41) is 6.37. The van der Waals surface area contributed by atoms with Gasteiger partial charge in [-0.2, -0.15) is 5.10 Å². The third-order valence-electron chi connectivity index (χ3n) is 3.58. The molecule has 0 unspecified atom stereocenters. The molecule has 0 bridgehead atoms. The monoisotopic (exact) mass is 353 g/mol. The molecular formula is C20H23N3O3. The van der Waals surface area contributed by atoms with Crippen molar-refractivity contribution in [1.82, 2.24) is 5.43 Å². The zero-order valence-corrected chi connectivity index (χ0v) is 15.0. The van der Waals surface area contributed by atoms with Crippen LogP contribution >= 0.6 is 0 Å². The van der Waals surface area contributed by atoms with Crippen LogP contribution in [0.3, 0.4) is 0 Å². The SMILES string of the molecule is CCCOc1ccccc1/C=N\NC(=O)C(=O)Nc1ccc(CC)cc1. The second-order valence-electron chi connectivity index (χ2n) is 5.59. The number of para-hydroxylation sites is 1. The zero-order valence-electron chi connectivity index (χ0n) is 15.0. The van der Waals surface area contributed by atoms with Crippen molar-refractivity contribution in [2.24, 2.45) is 5.10 Å². The summed E-state index contributed by atoms with van der Waals surface area (Å²) in [7, 11) is 0. The van der Waals surface area contributed by atoms with E-state index in [2.05, 4.69) is 15.8 Å². The van der Waals surface area contributed by atoms with E-state index in [9.17, 15) is 9.59 Å². The summed E-state index contributed by atoms with van der Waals surface area (Å²) in [4.78, 5) is 23.7. The predicted octanol–water partition coefficient (Wildman–Crippen LogP) is 3.13. The first-order valence-corrected chi connectivity index (χ1v) is 8.59. The van der Waals surface area contributed by atoms with Gasteiger partial charge in [0.2, 0.25) is 0 Å². The van der Waals surface area contributed by atoms with Crippen molar-refractivity contribution >= 4 is 23.7 Å². The lowest BCUT2D eigenvalue weighted by Crippen LogP contribution is -2.32. The van der Waals surface area contributed by atoms with Crippen LogP contribution in [-0.4, -0.2) is 24.6 Å². The molecule has 0 heterocycles. The second-order valence-corrected chi connectivity index (χ2v) is 5.59. The highest BCUT2D eigenvalue weighted by atomic mass is 16.5. The van der Waals surface area contributed by atoms with Crippen LogP contribution in [0.5, 0.6) is 5.75 Å². The van der Waals surface area contributed by atoms with E-state index in [-0.39, 0.29) is 0 Å². The van der Waals surface area contributed by atoms with Gasteiger partial charge in [-0.25, -0.2) is 5.43 Å². The fraction of sp³-hybridized carbons (Fsp3) is 0.250. The van der Waals surface area contributed by atoms with Crippen LogP contribution < -0.4 is 15.5 Å². The molecule has 6 nitrogen and oxygen atoms in total. The molecule has 26 heavy (non-hydrogen) atoms. The molecule has 0 spiro atoms. The molecule has 0 aliphatic carbocycles. The number of hydrazone groups is 1. The van der Waals surface area contributed by atoms with E-state index < -0.39 is 11.8 Å². The Labute approximate surface area is 153 Å². The minimum absolute atomic E-state index is 0.560. The van der Waals surface area contributed by atoms with Crippen molar-refractivity contribution < 1.29 is 14.3 Å². The number of benzene rings is 2. The van der Waals surface area contributed by atoms with Gasteiger partial charge in [-0.3, -0.25) is 9.59 Å². The van der Waals surface area contributed by atoms with Gasteiger partial charge in [0.15, 0.2) is 0 Å². The summed E-state index contributed by atoms with van der Waals surface area (Å²) in [6, 6.07) is 14.7. The number of nitrogens with one attached hydrogen (secondary N) is 2. The van der Waals surface area contributed by atoms with Gasteiger partial charge in [0.1, 0.15) is 5.75 Å². The van der Waals surface area contributed by atoms with Crippen molar-refractivity contribution in [3.05, 3.63) is 59.7 Å². The number of nitrogens with zero attached hydrogens (tertiary/aromatic N) is 1. The number of hydrogen-bond donors (Lipinski definition) is 2. The second kappa shape index (κ2) is 9.98. The van der Waals surface area contributed by atoms with Crippen LogP contribution in [0.2, 0.25) is 0 Å². The van der Waals surface area contributed by atoms with E-state index >= 15 is 0 Å². The molecule has 2 aromatic rings. The Kier molecular flexibility index (Phi) is 7.36. The standard InChI is InChI=1S/C20H23N3O3/c1-3-13-26-18-8-6-5-7-16(18)14-21-23-20(25)19(24)22-17-11-9-15(4-2)10-12-17/h5-12,14H,3-4,13H2,1-2H3,(H,22,24)(H,23,25)/b21-14-. The maximum absolute atomic E-state index is 11.9. The summed E-state index contributed by atoms with van der Waals surface area (Å²) in [5.41, 5.74) is 4.65. The van der Waals surface area contributed by atoms with Gasteiger partial charge >= 0.3 is 11.8 Å². The molecule has 2 N–H and O–H groups in total. The average molecular weight is 353 g/mol. The number of ether oxygens (including phenoxy) is 1. The number of anilines is 1. The molecule has 0 aliphatic heterocycles. The van der Waals surface area contributed by atoms with Crippen LogP contribution in [-0.2, 0) is 16.0 Å². The quantitative estimate of drug-likeness (QED) is 0.456. The molecule has 0 aromatic heterocycles. The molecule has 0 fully saturated rings. The molecule has 2 aromatic carbocycles. The van der Waals surface area contributed by atoms with E-state index in [1.54, 1.807) is 12.1 Å². The molecule has 0 saturated carbocycles. The Morgan fingerprint density at radius 1 is 1.04 bits per heavy atom. The van der Waals surface area contributed by atoms with E-state index in [1.807, 2.05) is 50.2 Å². The molecular weight excluding hydrogens is 330 g/mol. The fourth-order valence-electron chi connectivity index (χ4n) is 2.15. The van der Waals surface area contributed by atoms with Gasteiger partial charge in [-0.15, -0.1) is 0 Å². The molecule has 0 atom stereocenters. The van der Waals surface area contributed by atoms with Crippen molar-refractivity contribution in [3.63, 3.8) is 0 Å². The zero-order chi connectivity index (χ0) is 18.8. The van der Waals surface area contributed by atoms with Crippen molar-refractivity contribution in [1.29, 1.82) is 0 Å². The fourth-order valence-corrected chi connectivity index (χ4v) is 2.15. The highest BCUT2D eigenvalue weighted by Gasteiger charge is 2.12. The first-order valence-electron chi connectivity index (χ1n) is 8.59. The largest absolute Gasteiger partial charge is 0.493 e. The lowest BCUT2D eigenvalue weighted by atomic mass is 10.1. The van der Waals surface area contributed by atoms with E-state index in [4.69, 9.17) is 4.74 Å². The smallest absolute Gasteiger partial charge is 0.329 e. The molecule has 6 heteroatoms. The Morgan fingerprint density at radius 2 is 1.77 bits per heavy atom. The first kappa shape index (κ1) is 19.2. The third-order valence-corrected chi connectivity index (χ3v) is 3.58. The highest BCUT2D eigenvalue weighted by molar-refractivity contribution is 6.39. The van der Waals surface area contributed by atoms with Gasteiger partial charge in [-0.1, -0.05) is 38.1 Å². The number of aryl methyl sites for hydroxylation is 1.